The number of rotatable bonds is 4. The smallest absolute Gasteiger partial charge is 0.273 e. The summed E-state index contributed by atoms with van der Waals surface area (Å²) >= 11 is 6.03. The number of halogens is 1. The molecule has 7 heteroatoms. The Bertz CT molecular complexity index is 624. The first kappa shape index (κ1) is 13.4. The molecule has 0 radical (unpaired) electrons. The van der Waals surface area contributed by atoms with Gasteiger partial charge in [-0.1, -0.05) is 11.6 Å². The predicted molar refractivity (Wildman–Crippen MR) is 73.4 cm³/mol. The first-order valence-electron chi connectivity index (χ1n) is 5.63. The molecule has 0 atom stereocenters. The third-order valence-electron chi connectivity index (χ3n) is 2.72. The van der Waals surface area contributed by atoms with Gasteiger partial charge in [0.05, 0.1) is 21.8 Å². The number of hydrogen-bond acceptors (Lipinski definition) is 4. The summed E-state index contributed by atoms with van der Waals surface area (Å²) < 4.78 is 1.71. The molecule has 0 bridgehead atoms. The molecule has 0 saturated heterocycles. The Labute approximate surface area is 115 Å². The van der Waals surface area contributed by atoms with Crippen molar-refractivity contribution in [2.75, 3.05) is 5.32 Å². The second-order valence-corrected chi connectivity index (χ2v) is 4.66. The van der Waals surface area contributed by atoms with E-state index in [1.807, 2.05) is 13.2 Å². The highest BCUT2D eigenvalue weighted by atomic mass is 35.5. The van der Waals surface area contributed by atoms with Gasteiger partial charge in [-0.05, 0) is 13.0 Å². The van der Waals surface area contributed by atoms with Gasteiger partial charge in [-0.3, -0.25) is 14.8 Å². The fraction of sp³-hybridized carbons (Fsp3) is 0.250. The van der Waals surface area contributed by atoms with E-state index in [1.165, 1.54) is 6.07 Å². The van der Waals surface area contributed by atoms with Crippen LogP contribution in [0.25, 0.3) is 0 Å². The second-order valence-electron chi connectivity index (χ2n) is 4.25. The van der Waals surface area contributed by atoms with E-state index in [-0.39, 0.29) is 5.69 Å². The fourth-order valence-electron chi connectivity index (χ4n) is 1.76. The zero-order valence-electron chi connectivity index (χ0n) is 10.6. The van der Waals surface area contributed by atoms with Crippen molar-refractivity contribution in [3.8, 4) is 0 Å². The zero-order chi connectivity index (χ0) is 14.0. The first-order valence-corrected chi connectivity index (χ1v) is 6.01. The number of nitrogens with one attached hydrogen (secondary N) is 1. The third kappa shape index (κ3) is 3.03. The highest BCUT2D eigenvalue weighted by Crippen LogP contribution is 2.30. The molecule has 19 heavy (non-hydrogen) atoms. The topological polar surface area (TPSA) is 73.0 Å². The largest absolute Gasteiger partial charge is 0.380 e. The Morgan fingerprint density at radius 2 is 2.26 bits per heavy atom. The molecule has 0 aliphatic carbocycles. The molecule has 0 unspecified atom stereocenters. The first-order chi connectivity index (χ1) is 8.97. The van der Waals surface area contributed by atoms with E-state index in [2.05, 4.69) is 10.4 Å². The van der Waals surface area contributed by atoms with Crippen LogP contribution in [0.5, 0.6) is 0 Å². The number of aromatic nitrogens is 2. The molecule has 0 spiro atoms. The third-order valence-corrected chi connectivity index (χ3v) is 3.04. The molecule has 0 amide bonds. The molecule has 1 heterocycles. The molecule has 0 saturated carbocycles. The highest BCUT2D eigenvalue weighted by molar-refractivity contribution is 6.33. The average Bonchev–Trinajstić information content (AvgIpc) is 2.75. The zero-order valence-corrected chi connectivity index (χ0v) is 11.3. The maximum Gasteiger partial charge on any atom is 0.273 e. The van der Waals surface area contributed by atoms with E-state index < -0.39 is 4.92 Å². The quantitative estimate of drug-likeness (QED) is 0.690. The van der Waals surface area contributed by atoms with Crippen LogP contribution in [0.2, 0.25) is 5.02 Å². The Kier molecular flexibility index (Phi) is 3.71. The SMILES string of the molecule is Cc1cc(NCc2cnn(C)c2)c(Cl)cc1[N+](=O)[O-]. The molecule has 0 fully saturated rings. The number of nitro benzene ring substituents is 1. The Morgan fingerprint density at radius 3 is 2.84 bits per heavy atom. The van der Waals surface area contributed by atoms with Gasteiger partial charge >= 0.3 is 0 Å². The van der Waals surface area contributed by atoms with Crippen molar-refractivity contribution >= 4 is 23.0 Å². The van der Waals surface area contributed by atoms with Crippen LogP contribution >= 0.6 is 11.6 Å². The molecule has 100 valence electrons. The molecule has 1 N–H and O–H groups in total. The van der Waals surface area contributed by atoms with Crippen molar-refractivity contribution in [1.82, 2.24) is 9.78 Å². The lowest BCUT2D eigenvalue weighted by molar-refractivity contribution is -0.385. The van der Waals surface area contributed by atoms with E-state index in [0.717, 1.165) is 5.56 Å². The Balaban J connectivity index is 2.17. The molecule has 2 rings (SSSR count). The van der Waals surface area contributed by atoms with Crippen molar-refractivity contribution in [3.05, 3.63) is 50.8 Å². The predicted octanol–water partition coefficient (Wildman–Crippen LogP) is 2.90. The van der Waals surface area contributed by atoms with Gasteiger partial charge in [0.2, 0.25) is 0 Å². The van der Waals surface area contributed by atoms with Crippen LogP contribution in [0.3, 0.4) is 0 Å². The average molecular weight is 281 g/mol. The molecular formula is C12H13ClN4O2. The summed E-state index contributed by atoms with van der Waals surface area (Å²) in [6.45, 7) is 2.24. The molecule has 0 aliphatic heterocycles. The van der Waals surface area contributed by atoms with Crippen LogP contribution in [0, 0.1) is 17.0 Å². The highest BCUT2D eigenvalue weighted by Gasteiger charge is 2.14. The second kappa shape index (κ2) is 5.27. The van der Waals surface area contributed by atoms with Gasteiger partial charge in [-0.2, -0.15) is 5.10 Å². The van der Waals surface area contributed by atoms with Crippen LogP contribution < -0.4 is 5.32 Å². The molecular weight excluding hydrogens is 268 g/mol. The van der Waals surface area contributed by atoms with Crippen LogP contribution in [0.4, 0.5) is 11.4 Å². The standard InChI is InChI=1S/C12H13ClN4O2/c1-8-3-11(10(13)4-12(8)17(18)19)14-5-9-6-15-16(2)7-9/h3-4,6-7,14H,5H2,1-2H3. The van der Waals surface area contributed by atoms with Crippen LogP contribution in [-0.2, 0) is 13.6 Å². The molecule has 6 nitrogen and oxygen atoms in total. The molecule has 0 aliphatic rings. The van der Waals surface area contributed by atoms with Gasteiger partial charge in [0.25, 0.3) is 5.69 Å². The summed E-state index contributed by atoms with van der Waals surface area (Å²) in [5, 5.41) is 18.3. The summed E-state index contributed by atoms with van der Waals surface area (Å²) in [6.07, 6.45) is 3.64. The fourth-order valence-corrected chi connectivity index (χ4v) is 1.99. The van der Waals surface area contributed by atoms with Gasteiger partial charge in [0.1, 0.15) is 0 Å². The number of nitrogens with zero attached hydrogens (tertiary/aromatic N) is 3. The van der Waals surface area contributed by atoms with E-state index >= 15 is 0 Å². The Morgan fingerprint density at radius 1 is 1.53 bits per heavy atom. The summed E-state index contributed by atoms with van der Waals surface area (Å²) in [5.41, 5.74) is 2.28. The molecule has 1 aromatic carbocycles. The van der Waals surface area contributed by atoms with Crippen molar-refractivity contribution in [1.29, 1.82) is 0 Å². The van der Waals surface area contributed by atoms with Crippen LogP contribution in [0.1, 0.15) is 11.1 Å². The van der Waals surface area contributed by atoms with Gasteiger partial charge in [0, 0.05) is 37.0 Å². The van der Waals surface area contributed by atoms with Crippen molar-refractivity contribution in [2.24, 2.45) is 7.05 Å². The van der Waals surface area contributed by atoms with Crippen molar-refractivity contribution in [3.63, 3.8) is 0 Å². The summed E-state index contributed by atoms with van der Waals surface area (Å²) in [7, 11) is 1.84. The van der Waals surface area contributed by atoms with E-state index in [0.29, 0.717) is 22.8 Å². The Hall–Kier alpha value is -2.08. The molecule has 1 aromatic heterocycles. The van der Waals surface area contributed by atoms with Gasteiger partial charge in [-0.15, -0.1) is 0 Å². The summed E-state index contributed by atoms with van der Waals surface area (Å²) in [5.74, 6) is 0. The van der Waals surface area contributed by atoms with E-state index in [1.54, 1.807) is 23.9 Å². The maximum atomic E-state index is 10.8. The number of nitro groups is 1. The lowest BCUT2D eigenvalue weighted by Crippen LogP contribution is -2.01. The minimum Gasteiger partial charge on any atom is -0.380 e. The lowest BCUT2D eigenvalue weighted by Gasteiger charge is -2.08. The van der Waals surface area contributed by atoms with Crippen LogP contribution in [0.15, 0.2) is 24.5 Å². The lowest BCUT2D eigenvalue weighted by atomic mass is 10.1. The van der Waals surface area contributed by atoms with Crippen molar-refractivity contribution in [2.45, 2.75) is 13.5 Å². The van der Waals surface area contributed by atoms with Gasteiger partial charge < -0.3 is 5.32 Å². The number of benzene rings is 1. The minimum atomic E-state index is -0.438. The van der Waals surface area contributed by atoms with Crippen molar-refractivity contribution < 1.29 is 4.92 Å². The number of hydrogen-bond donors (Lipinski definition) is 1. The van der Waals surface area contributed by atoms with E-state index in [9.17, 15) is 10.1 Å². The summed E-state index contributed by atoms with van der Waals surface area (Å²) in [4.78, 5) is 10.3. The normalized spacial score (nSPS) is 10.5. The maximum absolute atomic E-state index is 10.8. The number of aryl methyl sites for hydroxylation is 2. The van der Waals surface area contributed by atoms with Gasteiger partial charge in [0.15, 0.2) is 0 Å². The van der Waals surface area contributed by atoms with Crippen LogP contribution in [-0.4, -0.2) is 14.7 Å². The number of anilines is 1. The van der Waals surface area contributed by atoms with E-state index in [4.69, 9.17) is 11.6 Å². The summed E-state index contributed by atoms with van der Waals surface area (Å²) in [6, 6.07) is 3.04. The minimum absolute atomic E-state index is 0.0249. The van der Waals surface area contributed by atoms with Gasteiger partial charge in [-0.25, -0.2) is 0 Å². The molecule has 2 aromatic rings. The monoisotopic (exact) mass is 280 g/mol.